The van der Waals surface area contributed by atoms with E-state index >= 15 is 0 Å². The van der Waals surface area contributed by atoms with E-state index < -0.39 is 0 Å². The van der Waals surface area contributed by atoms with Crippen LogP contribution in [0.2, 0.25) is 0 Å². The van der Waals surface area contributed by atoms with Crippen molar-refractivity contribution < 1.29 is 0 Å². The van der Waals surface area contributed by atoms with Crippen LogP contribution < -0.4 is 5.32 Å². The first-order valence-electron chi connectivity index (χ1n) is 4.14. The second-order valence-electron chi connectivity index (χ2n) is 2.77. The van der Waals surface area contributed by atoms with Crippen molar-refractivity contribution in [2.75, 3.05) is 7.05 Å². The van der Waals surface area contributed by atoms with Crippen LogP contribution in [0.3, 0.4) is 0 Å². The fraction of sp³-hybridized carbons (Fsp3) is 0.273. The molecule has 0 saturated carbocycles. The number of halogens is 1. The summed E-state index contributed by atoms with van der Waals surface area (Å²) in [5.74, 6) is 2.68. The van der Waals surface area contributed by atoms with Crippen LogP contribution in [0.1, 0.15) is 18.0 Å². The second kappa shape index (κ2) is 5.25. The van der Waals surface area contributed by atoms with Gasteiger partial charge >= 0.3 is 0 Å². The van der Waals surface area contributed by atoms with Crippen LogP contribution in [-0.4, -0.2) is 7.05 Å². The molecule has 13 heavy (non-hydrogen) atoms. The van der Waals surface area contributed by atoms with Gasteiger partial charge in [-0.25, -0.2) is 0 Å². The summed E-state index contributed by atoms with van der Waals surface area (Å²) in [5.41, 5.74) is 1.28. The summed E-state index contributed by atoms with van der Waals surface area (Å²) in [6.45, 7) is 0. The molecule has 2 heteroatoms. The third kappa shape index (κ3) is 2.71. The molecule has 1 aromatic carbocycles. The molecule has 1 nitrogen and oxygen atoms in total. The minimum Gasteiger partial charge on any atom is -0.312 e. The van der Waals surface area contributed by atoms with E-state index in [2.05, 4.69) is 46.0 Å². The third-order valence-corrected chi connectivity index (χ3v) is 2.93. The number of benzene rings is 1. The van der Waals surface area contributed by atoms with E-state index in [1.54, 1.807) is 0 Å². The lowest BCUT2D eigenvalue weighted by Gasteiger charge is -2.14. The molecular formula is C11H12IN. The fourth-order valence-corrected chi connectivity index (χ4v) is 2.01. The molecule has 0 fully saturated rings. The van der Waals surface area contributed by atoms with Gasteiger partial charge in [0.15, 0.2) is 0 Å². The highest BCUT2D eigenvalue weighted by molar-refractivity contribution is 14.1. The highest BCUT2D eigenvalue weighted by Crippen LogP contribution is 2.21. The summed E-state index contributed by atoms with van der Waals surface area (Å²) in [7, 11) is 1.94. The van der Waals surface area contributed by atoms with Gasteiger partial charge in [0.2, 0.25) is 0 Å². The standard InChI is InChI=1S/C11H12IN/c1-3-6-11(13-2)9-7-4-5-8-10(9)12/h1,4-5,7-8,11,13H,6H2,2H3. The SMILES string of the molecule is C#CCC(NC)c1ccccc1I. The lowest BCUT2D eigenvalue weighted by atomic mass is 10.0. The van der Waals surface area contributed by atoms with Gasteiger partial charge in [0.25, 0.3) is 0 Å². The van der Waals surface area contributed by atoms with Gasteiger partial charge in [0.05, 0.1) is 0 Å². The zero-order chi connectivity index (χ0) is 9.68. The average Bonchev–Trinajstić information content (AvgIpc) is 2.16. The van der Waals surface area contributed by atoms with Gasteiger partial charge in [0.1, 0.15) is 0 Å². The van der Waals surface area contributed by atoms with E-state index in [1.165, 1.54) is 9.13 Å². The highest BCUT2D eigenvalue weighted by Gasteiger charge is 2.09. The lowest BCUT2D eigenvalue weighted by Crippen LogP contribution is -2.16. The maximum absolute atomic E-state index is 5.30. The summed E-state index contributed by atoms with van der Waals surface area (Å²) >= 11 is 2.33. The number of terminal acetylenes is 1. The maximum Gasteiger partial charge on any atom is 0.0438 e. The van der Waals surface area contributed by atoms with E-state index in [1.807, 2.05) is 19.2 Å². The van der Waals surface area contributed by atoms with Crippen molar-refractivity contribution in [1.82, 2.24) is 5.32 Å². The summed E-state index contributed by atoms with van der Waals surface area (Å²) in [4.78, 5) is 0. The molecule has 0 aliphatic heterocycles. The molecule has 1 rings (SSSR count). The van der Waals surface area contributed by atoms with Crippen molar-refractivity contribution in [2.24, 2.45) is 0 Å². The minimum absolute atomic E-state index is 0.276. The molecule has 68 valence electrons. The number of hydrogen-bond donors (Lipinski definition) is 1. The van der Waals surface area contributed by atoms with Gasteiger partial charge in [-0.3, -0.25) is 0 Å². The molecule has 0 saturated heterocycles. The highest BCUT2D eigenvalue weighted by atomic mass is 127. The molecule has 0 spiro atoms. The monoisotopic (exact) mass is 285 g/mol. The molecule has 0 amide bonds. The fourth-order valence-electron chi connectivity index (χ4n) is 1.24. The lowest BCUT2D eigenvalue weighted by molar-refractivity contribution is 0.609. The average molecular weight is 285 g/mol. The first-order valence-corrected chi connectivity index (χ1v) is 5.22. The molecule has 1 atom stereocenters. The molecule has 0 aliphatic rings. The van der Waals surface area contributed by atoms with Crippen molar-refractivity contribution in [3.8, 4) is 12.3 Å². The summed E-state index contributed by atoms with van der Waals surface area (Å²) in [6.07, 6.45) is 6.03. The van der Waals surface area contributed by atoms with Crippen LogP contribution >= 0.6 is 22.6 Å². The first-order chi connectivity index (χ1) is 6.29. The van der Waals surface area contributed by atoms with Gasteiger partial charge in [0, 0.05) is 16.0 Å². The zero-order valence-corrected chi connectivity index (χ0v) is 9.71. The van der Waals surface area contributed by atoms with Crippen LogP contribution in [0.25, 0.3) is 0 Å². The molecule has 1 N–H and O–H groups in total. The van der Waals surface area contributed by atoms with E-state index in [4.69, 9.17) is 6.42 Å². The predicted molar refractivity (Wildman–Crippen MR) is 64.4 cm³/mol. The van der Waals surface area contributed by atoms with E-state index in [-0.39, 0.29) is 6.04 Å². The van der Waals surface area contributed by atoms with Gasteiger partial charge < -0.3 is 5.32 Å². The predicted octanol–water partition coefficient (Wildman–Crippen LogP) is 2.58. The molecule has 0 bridgehead atoms. The number of rotatable bonds is 3. The van der Waals surface area contributed by atoms with Crippen LogP contribution in [0.4, 0.5) is 0 Å². The van der Waals surface area contributed by atoms with Crippen LogP contribution in [0, 0.1) is 15.9 Å². The maximum atomic E-state index is 5.30. The number of nitrogens with one attached hydrogen (secondary N) is 1. The zero-order valence-electron chi connectivity index (χ0n) is 7.55. The Morgan fingerprint density at radius 1 is 1.54 bits per heavy atom. The Kier molecular flexibility index (Phi) is 4.26. The summed E-state index contributed by atoms with van der Waals surface area (Å²) in [6, 6.07) is 8.56. The molecule has 1 aromatic rings. The first kappa shape index (κ1) is 10.6. The molecule has 1 unspecified atom stereocenters. The largest absolute Gasteiger partial charge is 0.312 e. The molecule has 0 aromatic heterocycles. The Morgan fingerprint density at radius 2 is 2.23 bits per heavy atom. The smallest absolute Gasteiger partial charge is 0.0438 e. The molecule has 0 aliphatic carbocycles. The van der Waals surface area contributed by atoms with E-state index in [0.717, 1.165) is 6.42 Å². The van der Waals surface area contributed by atoms with Crippen molar-refractivity contribution in [2.45, 2.75) is 12.5 Å². The van der Waals surface area contributed by atoms with Crippen LogP contribution in [-0.2, 0) is 0 Å². The van der Waals surface area contributed by atoms with Gasteiger partial charge in [-0.05, 0) is 41.3 Å². The summed E-state index contributed by atoms with van der Waals surface area (Å²) in [5, 5.41) is 3.21. The van der Waals surface area contributed by atoms with Crippen LogP contribution in [0.5, 0.6) is 0 Å². The topological polar surface area (TPSA) is 12.0 Å². The summed E-state index contributed by atoms with van der Waals surface area (Å²) < 4.78 is 1.26. The molecule has 0 radical (unpaired) electrons. The quantitative estimate of drug-likeness (QED) is 0.665. The Bertz CT molecular complexity index is 314. The van der Waals surface area contributed by atoms with E-state index in [0.29, 0.717) is 0 Å². The molecule has 0 heterocycles. The van der Waals surface area contributed by atoms with Crippen LogP contribution in [0.15, 0.2) is 24.3 Å². The van der Waals surface area contributed by atoms with Gasteiger partial charge in [-0.2, -0.15) is 0 Å². The Balaban J connectivity index is 2.92. The van der Waals surface area contributed by atoms with E-state index in [9.17, 15) is 0 Å². The van der Waals surface area contributed by atoms with Crippen molar-refractivity contribution in [1.29, 1.82) is 0 Å². The Labute approximate surface area is 93.1 Å². The molecular weight excluding hydrogens is 273 g/mol. The van der Waals surface area contributed by atoms with Crippen molar-refractivity contribution in [3.05, 3.63) is 33.4 Å². The van der Waals surface area contributed by atoms with Gasteiger partial charge in [-0.1, -0.05) is 18.2 Å². The normalized spacial score (nSPS) is 12.1. The number of hydrogen-bond acceptors (Lipinski definition) is 1. The Hall–Kier alpha value is -0.530. The second-order valence-corrected chi connectivity index (χ2v) is 3.93. The van der Waals surface area contributed by atoms with Crippen molar-refractivity contribution in [3.63, 3.8) is 0 Å². The van der Waals surface area contributed by atoms with Gasteiger partial charge in [-0.15, -0.1) is 12.3 Å². The van der Waals surface area contributed by atoms with Crippen molar-refractivity contribution >= 4 is 22.6 Å². The third-order valence-electron chi connectivity index (χ3n) is 1.95. The minimum atomic E-state index is 0.276. The Morgan fingerprint density at radius 3 is 2.77 bits per heavy atom.